The van der Waals surface area contributed by atoms with E-state index in [0.717, 1.165) is 25.1 Å². The molecule has 0 spiro atoms. The summed E-state index contributed by atoms with van der Waals surface area (Å²) in [7, 11) is 0. The quantitative estimate of drug-likeness (QED) is 0.851. The maximum atomic E-state index is 12.0. The van der Waals surface area contributed by atoms with Crippen molar-refractivity contribution in [1.82, 2.24) is 10.9 Å². The molecule has 1 aromatic carbocycles. The Morgan fingerprint density at radius 3 is 2.86 bits per heavy atom. The Balaban J connectivity index is 1.55. The number of benzene rings is 1. The minimum Gasteiger partial charge on any atom is -0.362 e. The van der Waals surface area contributed by atoms with E-state index in [9.17, 15) is 9.59 Å². The van der Waals surface area contributed by atoms with Crippen LogP contribution in [0.5, 0.6) is 0 Å². The number of hydrogen-bond acceptors (Lipinski definition) is 4. The fourth-order valence-corrected chi connectivity index (χ4v) is 3.22. The van der Waals surface area contributed by atoms with Crippen molar-refractivity contribution >= 4 is 28.8 Å². The first-order valence-corrected chi connectivity index (χ1v) is 8.12. The van der Waals surface area contributed by atoms with Gasteiger partial charge in [0.05, 0.1) is 12.1 Å². The Morgan fingerprint density at radius 2 is 2.05 bits per heavy atom. The third-order valence-corrected chi connectivity index (χ3v) is 4.32. The molecule has 0 saturated heterocycles. The fourth-order valence-electron chi connectivity index (χ4n) is 2.58. The molecule has 0 radical (unpaired) electrons. The molecule has 1 aliphatic heterocycles. The number of para-hydroxylation sites is 1. The number of carbonyl (C=O) groups is 2. The molecule has 114 valence electrons. The number of amides is 2. The molecule has 2 aromatic rings. The Bertz CT molecular complexity index is 670. The molecule has 0 fully saturated rings. The predicted molar refractivity (Wildman–Crippen MR) is 86.9 cm³/mol. The zero-order valence-electron chi connectivity index (χ0n) is 12.0. The lowest BCUT2D eigenvalue weighted by Crippen LogP contribution is -2.47. The van der Waals surface area contributed by atoms with Crippen LogP contribution < -0.4 is 15.8 Å². The maximum Gasteiger partial charge on any atom is 0.270 e. The molecular weight excluding hydrogens is 298 g/mol. The SMILES string of the molecule is O=C(CN1CCCc2ccccc21)NNC(=O)c1ccsc1. The van der Waals surface area contributed by atoms with Crippen LogP contribution in [0.15, 0.2) is 41.1 Å². The number of rotatable bonds is 3. The van der Waals surface area contributed by atoms with Crippen molar-refractivity contribution in [2.75, 3.05) is 18.0 Å². The summed E-state index contributed by atoms with van der Waals surface area (Å²) in [5.41, 5.74) is 7.84. The van der Waals surface area contributed by atoms with Crippen LogP contribution in [0.1, 0.15) is 22.3 Å². The lowest BCUT2D eigenvalue weighted by atomic mass is 10.0. The monoisotopic (exact) mass is 315 g/mol. The number of anilines is 1. The van der Waals surface area contributed by atoms with Crippen molar-refractivity contribution in [2.45, 2.75) is 12.8 Å². The van der Waals surface area contributed by atoms with Gasteiger partial charge in [0.15, 0.2) is 0 Å². The van der Waals surface area contributed by atoms with Gasteiger partial charge in [0.1, 0.15) is 0 Å². The zero-order valence-corrected chi connectivity index (χ0v) is 12.9. The van der Waals surface area contributed by atoms with Gasteiger partial charge in [-0.2, -0.15) is 11.3 Å². The summed E-state index contributed by atoms with van der Waals surface area (Å²) >= 11 is 1.44. The first kappa shape index (κ1) is 14.6. The van der Waals surface area contributed by atoms with Gasteiger partial charge in [-0.15, -0.1) is 0 Å². The van der Waals surface area contributed by atoms with Gasteiger partial charge in [-0.3, -0.25) is 20.4 Å². The van der Waals surface area contributed by atoms with Crippen LogP contribution in [0.2, 0.25) is 0 Å². The number of nitrogens with zero attached hydrogens (tertiary/aromatic N) is 1. The van der Waals surface area contributed by atoms with Gasteiger partial charge in [-0.05, 0) is 35.9 Å². The number of aryl methyl sites for hydroxylation is 1. The lowest BCUT2D eigenvalue weighted by molar-refractivity contribution is -0.120. The second-order valence-corrected chi connectivity index (χ2v) is 5.95. The molecule has 2 N–H and O–H groups in total. The van der Waals surface area contributed by atoms with Crippen LogP contribution >= 0.6 is 11.3 Å². The zero-order chi connectivity index (χ0) is 15.4. The smallest absolute Gasteiger partial charge is 0.270 e. The molecule has 3 rings (SSSR count). The van der Waals surface area contributed by atoms with Gasteiger partial charge in [-0.1, -0.05) is 18.2 Å². The maximum absolute atomic E-state index is 12.0. The Labute approximate surface area is 132 Å². The molecule has 2 amide bonds. The Hall–Kier alpha value is -2.34. The highest BCUT2D eigenvalue weighted by Gasteiger charge is 2.18. The highest BCUT2D eigenvalue weighted by molar-refractivity contribution is 7.08. The van der Waals surface area contributed by atoms with Gasteiger partial charge in [-0.25, -0.2) is 0 Å². The van der Waals surface area contributed by atoms with Gasteiger partial charge >= 0.3 is 0 Å². The van der Waals surface area contributed by atoms with Crippen molar-refractivity contribution in [3.63, 3.8) is 0 Å². The van der Waals surface area contributed by atoms with E-state index in [-0.39, 0.29) is 18.4 Å². The number of hydrogen-bond donors (Lipinski definition) is 2. The van der Waals surface area contributed by atoms with Gasteiger partial charge in [0.2, 0.25) is 0 Å². The van der Waals surface area contributed by atoms with Crippen LogP contribution in [0.3, 0.4) is 0 Å². The second-order valence-electron chi connectivity index (χ2n) is 5.17. The van der Waals surface area contributed by atoms with Crippen LogP contribution in [-0.4, -0.2) is 24.9 Å². The molecule has 22 heavy (non-hydrogen) atoms. The topological polar surface area (TPSA) is 61.4 Å². The summed E-state index contributed by atoms with van der Waals surface area (Å²) in [6.07, 6.45) is 2.08. The van der Waals surface area contributed by atoms with Crippen molar-refractivity contribution in [3.05, 3.63) is 52.2 Å². The van der Waals surface area contributed by atoms with E-state index < -0.39 is 0 Å². The van der Waals surface area contributed by atoms with Crippen LogP contribution in [0, 0.1) is 0 Å². The Morgan fingerprint density at radius 1 is 1.18 bits per heavy atom. The fraction of sp³-hybridized carbons (Fsp3) is 0.250. The highest BCUT2D eigenvalue weighted by atomic mass is 32.1. The minimum atomic E-state index is -0.298. The van der Waals surface area contributed by atoms with Crippen molar-refractivity contribution in [2.24, 2.45) is 0 Å². The summed E-state index contributed by atoms with van der Waals surface area (Å²) in [4.78, 5) is 25.8. The predicted octanol–water partition coefficient (Wildman–Crippen LogP) is 1.96. The van der Waals surface area contributed by atoms with Gasteiger partial charge in [0.25, 0.3) is 11.8 Å². The van der Waals surface area contributed by atoms with E-state index in [0.29, 0.717) is 5.56 Å². The molecule has 6 heteroatoms. The van der Waals surface area contributed by atoms with E-state index >= 15 is 0 Å². The summed E-state index contributed by atoms with van der Waals surface area (Å²) in [6.45, 7) is 1.09. The van der Waals surface area contributed by atoms with E-state index in [2.05, 4.69) is 16.9 Å². The number of hydrazine groups is 1. The molecule has 1 aliphatic rings. The molecule has 0 unspecified atom stereocenters. The molecule has 0 atom stereocenters. The summed E-state index contributed by atoms with van der Waals surface area (Å²) < 4.78 is 0. The minimum absolute atomic E-state index is 0.222. The second kappa shape index (κ2) is 6.62. The molecule has 0 saturated carbocycles. The van der Waals surface area contributed by atoms with E-state index in [1.807, 2.05) is 28.5 Å². The van der Waals surface area contributed by atoms with Crippen LogP contribution in [-0.2, 0) is 11.2 Å². The number of thiophene rings is 1. The summed E-state index contributed by atoms with van der Waals surface area (Å²) in [5, 5.41) is 3.56. The van der Waals surface area contributed by atoms with Crippen LogP contribution in [0.4, 0.5) is 5.69 Å². The lowest BCUT2D eigenvalue weighted by Gasteiger charge is -2.30. The Kier molecular flexibility index (Phi) is 4.39. The van der Waals surface area contributed by atoms with E-state index in [4.69, 9.17) is 0 Å². The average molecular weight is 315 g/mol. The third kappa shape index (κ3) is 3.28. The van der Waals surface area contributed by atoms with Gasteiger partial charge < -0.3 is 4.90 Å². The average Bonchev–Trinajstić information content (AvgIpc) is 3.07. The molecule has 5 nitrogen and oxygen atoms in total. The summed E-state index contributed by atoms with van der Waals surface area (Å²) in [5.74, 6) is -0.520. The van der Waals surface area contributed by atoms with Gasteiger partial charge in [0, 0.05) is 17.6 Å². The molecular formula is C16H17N3O2S. The van der Waals surface area contributed by atoms with Crippen molar-refractivity contribution in [1.29, 1.82) is 0 Å². The van der Waals surface area contributed by atoms with E-state index in [1.54, 1.807) is 11.4 Å². The molecule has 1 aromatic heterocycles. The standard InChI is InChI=1S/C16H17N3O2S/c20-15(17-18-16(21)13-7-9-22-11-13)10-19-8-3-5-12-4-1-2-6-14(12)19/h1-2,4,6-7,9,11H,3,5,8,10H2,(H,17,20)(H,18,21). The molecule has 0 bridgehead atoms. The first-order valence-electron chi connectivity index (χ1n) is 7.18. The number of nitrogens with one attached hydrogen (secondary N) is 2. The largest absolute Gasteiger partial charge is 0.362 e. The van der Waals surface area contributed by atoms with E-state index in [1.165, 1.54) is 16.9 Å². The van der Waals surface area contributed by atoms with Crippen molar-refractivity contribution in [3.8, 4) is 0 Å². The first-order chi connectivity index (χ1) is 10.7. The molecule has 2 heterocycles. The highest BCUT2D eigenvalue weighted by Crippen LogP contribution is 2.26. The summed E-state index contributed by atoms with van der Waals surface area (Å²) in [6, 6.07) is 9.84. The third-order valence-electron chi connectivity index (χ3n) is 3.64. The molecule has 0 aliphatic carbocycles. The number of fused-ring (bicyclic) bond motifs is 1. The van der Waals surface area contributed by atoms with Crippen molar-refractivity contribution < 1.29 is 9.59 Å². The normalized spacial score (nSPS) is 13.4. The van der Waals surface area contributed by atoms with Crippen LogP contribution in [0.25, 0.3) is 0 Å². The number of carbonyl (C=O) groups excluding carboxylic acids is 2.